The molecule has 2 heterocycles. The zero-order valence-electron chi connectivity index (χ0n) is 16.6. The molecule has 0 unspecified atom stereocenters. The smallest absolute Gasteiger partial charge is 0.267 e. The summed E-state index contributed by atoms with van der Waals surface area (Å²) in [6, 6.07) is 15.6. The van der Waals surface area contributed by atoms with Gasteiger partial charge >= 0.3 is 0 Å². The van der Waals surface area contributed by atoms with Crippen molar-refractivity contribution in [1.29, 1.82) is 0 Å². The van der Waals surface area contributed by atoms with E-state index in [9.17, 15) is 9.59 Å². The average Bonchev–Trinajstić information content (AvgIpc) is 3.16. The van der Waals surface area contributed by atoms with Gasteiger partial charge in [0.25, 0.3) is 11.8 Å². The number of thioether (sulfide) groups is 1. The third kappa shape index (κ3) is 3.98. The number of carbonyl (C=O) groups excluding carboxylic acids is 2. The number of hydrogen-bond donors (Lipinski definition) is 0. The van der Waals surface area contributed by atoms with Crippen molar-refractivity contribution in [2.45, 2.75) is 32.7 Å². The fraction of sp³-hybridized carbons (Fsp3) is 0.261. The molecule has 0 atom stereocenters. The van der Waals surface area contributed by atoms with Gasteiger partial charge in [0.05, 0.1) is 22.7 Å². The average molecular weight is 501 g/mol. The van der Waals surface area contributed by atoms with Gasteiger partial charge in [-0.2, -0.15) is 0 Å². The Morgan fingerprint density at radius 3 is 2.50 bits per heavy atom. The van der Waals surface area contributed by atoms with Crippen molar-refractivity contribution in [3.8, 4) is 0 Å². The molecule has 0 aromatic heterocycles. The first-order chi connectivity index (χ1) is 14.5. The first-order valence-corrected chi connectivity index (χ1v) is 12.0. The number of nitrogens with zero attached hydrogens (tertiary/aromatic N) is 2. The molecule has 2 aromatic rings. The van der Waals surface area contributed by atoms with E-state index in [1.54, 1.807) is 9.80 Å². The van der Waals surface area contributed by atoms with Gasteiger partial charge in [-0.05, 0) is 30.2 Å². The molecule has 0 saturated carbocycles. The minimum atomic E-state index is -0.196. The molecule has 0 N–H and O–H groups in total. The normalized spacial score (nSPS) is 18.5. The Kier molecular flexibility index (Phi) is 6.41. The number of hydrogen-bond acceptors (Lipinski definition) is 4. The SMILES string of the molecule is CCCCCN1C(=O)/C(=C2\SC(=S)N(Cc3ccccc3)C2=O)c2cc(Br)ccc21. The maximum Gasteiger partial charge on any atom is 0.267 e. The molecule has 0 radical (unpaired) electrons. The van der Waals surface area contributed by atoms with Crippen LogP contribution >= 0.6 is 39.9 Å². The van der Waals surface area contributed by atoms with E-state index in [0.29, 0.717) is 27.9 Å². The van der Waals surface area contributed by atoms with Crippen LogP contribution in [0.2, 0.25) is 0 Å². The van der Waals surface area contributed by atoms with E-state index >= 15 is 0 Å². The second kappa shape index (κ2) is 9.04. The first kappa shape index (κ1) is 21.3. The molecule has 2 amide bonds. The highest BCUT2D eigenvalue weighted by atomic mass is 79.9. The summed E-state index contributed by atoms with van der Waals surface area (Å²) < 4.78 is 1.36. The summed E-state index contributed by atoms with van der Waals surface area (Å²) in [5.41, 5.74) is 3.13. The Balaban J connectivity index is 1.71. The maximum atomic E-state index is 13.4. The van der Waals surface area contributed by atoms with E-state index in [0.717, 1.165) is 40.5 Å². The van der Waals surface area contributed by atoms with Gasteiger partial charge in [0.1, 0.15) is 4.32 Å². The summed E-state index contributed by atoms with van der Waals surface area (Å²) in [6.45, 7) is 3.19. The Labute approximate surface area is 194 Å². The molecule has 1 fully saturated rings. The van der Waals surface area contributed by atoms with Crippen LogP contribution in [0.5, 0.6) is 0 Å². The van der Waals surface area contributed by atoms with Crippen molar-refractivity contribution in [3.05, 3.63) is 69.0 Å². The third-order valence-corrected chi connectivity index (χ3v) is 7.16. The van der Waals surface area contributed by atoms with Crippen LogP contribution in [0.4, 0.5) is 5.69 Å². The van der Waals surface area contributed by atoms with Crippen LogP contribution in [0.3, 0.4) is 0 Å². The van der Waals surface area contributed by atoms with Crippen molar-refractivity contribution in [2.75, 3.05) is 11.4 Å². The van der Waals surface area contributed by atoms with Crippen molar-refractivity contribution in [2.24, 2.45) is 0 Å². The topological polar surface area (TPSA) is 40.6 Å². The number of rotatable bonds is 6. The van der Waals surface area contributed by atoms with Crippen molar-refractivity contribution in [1.82, 2.24) is 4.90 Å². The van der Waals surface area contributed by atoms with Gasteiger partial charge in [-0.15, -0.1) is 0 Å². The highest BCUT2D eigenvalue weighted by Crippen LogP contribution is 2.45. The largest absolute Gasteiger partial charge is 0.308 e. The number of fused-ring (bicyclic) bond motifs is 1. The van der Waals surface area contributed by atoms with E-state index < -0.39 is 0 Å². The maximum absolute atomic E-state index is 13.4. The van der Waals surface area contributed by atoms with Crippen molar-refractivity contribution < 1.29 is 9.59 Å². The predicted molar refractivity (Wildman–Crippen MR) is 130 cm³/mol. The van der Waals surface area contributed by atoms with Crippen molar-refractivity contribution >= 4 is 67.3 Å². The molecule has 30 heavy (non-hydrogen) atoms. The fourth-order valence-electron chi connectivity index (χ4n) is 3.72. The van der Waals surface area contributed by atoms with Crippen LogP contribution in [0.1, 0.15) is 37.3 Å². The van der Waals surface area contributed by atoms with Gasteiger partial charge < -0.3 is 4.90 Å². The summed E-state index contributed by atoms with van der Waals surface area (Å²) in [4.78, 5) is 30.5. The zero-order chi connectivity index (χ0) is 21.3. The van der Waals surface area contributed by atoms with Crippen LogP contribution in [0.15, 0.2) is 57.9 Å². The standard InChI is InChI=1S/C23H21BrN2O2S2/c1-2-3-7-12-25-18-11-10-16(24)13-17(18)19(21(25)27)20-22(28)26(23(29)30-20)14-15-8-5-4-6-9-15/h4-6,8-11,13H,2-3,7,12,14H2,1H3/b20-19-. The molecule has 154 valence electrons. The van der Waals surface area contributed by atoms with Crippen LogP contribution in [0, 0.1) is 0 Å². The van der Waals surface area contributed by atoms with Gasteiger partial charge in [-0.25, -0.2) is 0 Å². The van der Waals surface area contributed by atoms with E-state index in [1.807, 2.05) is 48.5 Å². The third-order valence-electron chi connectivity index (χ3n) is 5.22. The van der Waals surface area contributed by atoms with Gasteiger partial charge in [-0.1, -0.05) is 90.0 Å². The zero-order valence-corrected chi connectivity index (χ0v) is 19.8. The number of benzene rings is 2. The molecule has 0 spiro atoms. The van der Waals surface area contributed by atoms with Crippen LogP contribution in [-0.4, -0.2) is 27.6 Å². The van der Waals surface area contributed by atoms with Gasteiger partial charge in [0.15, 0.2) is 0 Å². The molecule has 4 nitrogen and oxygen atoms in total. The molecular weight excluding hydrogens is 480 g/mol. The second-order valence-corrected chi connectivity index (χ2v) is 9.83. The molecule has 0 bridgehead atoms. The van der Waals surface area contributed by atoms with Crippen LogP contribution in [-0.2, 0) is 16.1 Å². The molecular formula is C23H21BrN2O2S2. The van der Waals surface area contributed by atoms with E-state index in [-0.39, 0.29) is 11.8 Å². The number of anilines is 1. The summed E-state index contributed by atoms with van der Waals surface area (Å²) in [5.74, 6) is -0.307. The second-order valence-electron chi connectivity index (χ2n) is 7.27. The predicted octanol–water partition coefficient (Wildman–Crippen LogP) is 5.76. The monoisotopic (exact) mass is 500 g/mol. The van der Waals surface area contributed by atoms with E-state index in [1.165, 1.54) is 11.8 Å². The number of thiocarbonyl (C=S) groups is 1. The lowest BCUT2D eigenvalue weighted by molar-refractivity contribution is -0.122. The number of halogens is 1. The highest BCUT2D eigenvalue weighted by molar-refractivity contribution is 9.10. The Hall–Kier alpha value is -1.96. The van der Waals surface area contributed by atoms with Crippen LogP contribution in [0.25, 0.3) is 5.57 Å². The Bertz CT molecular complexity index is 1050. The van der Waals surface area contributed by atoms with E-state index in [2.05, 4.69) is 22.9 Å². The van der Waals surface area contributed by atoms with E-state index in [4.69, 9.17) is 12.2 Å². The first-order valence-electron chi connectivity index (χ1n) is 9.95. The Morgan fingerprint density at radius 1 is 1.00 bits per heavy atom. The lowest BCUT2D eigenvalue weighted by Crippen LogP contribution is -2.29. The number of unbranched alkanes of at least 4 members (excludes halogenated alkanes) is 2. The molecule has 7 heteroatoms. The molecule has 2 aliphatic rings. The summed E-state index contributed by atoms with van der Waals surface area (Å²) in [5, 5.41) is 0. The van der Waals surface area contributed by atoms with Gasteiger partial charge in [0.2, 0.25) is 0 Å². The Morgan fingerprint density at radius 2 is 1.77 bits per heavy atom. The van der Waals surface area contributed by atoms with Gasteiger partial charge in [-0.3, -0.25) is 14.5 Å². The molecule has 4 rings (SSSR count). The van der Waals surface area contributed by atoms with Crippen molar-refractivity contribution in [3.63, 3.8) is 0 Å². The summed E-state index contributed by atoms with van der Waals surface area (Å²) >= 11 is 10.2. The fourth-order valence-corrected chi connectivity index (χ4v) is 5.40. The number of amides is 2. The number of carbonyl (C=O) groups is 2. The molecule has 1 saturated heterocycles. The van der Waals surface area contributed by atoms with Gasteiger partial charge in [0, 0.05) is 16.6 Å². The summed E-state index contributed by atoms with van der Waals surface area (Å²) in [6.07, 6.45) is 3.07. The minimum Gasteiger partial charge on any atom is -0.308 e. The highest BCUT2D eigenvalue weighted by Gasteiger charge is 2.41. The molecule has 0 aliphatic carbocycles. The lowest BCUT2D eigenvalue weighted by Gasteiger charge is -2.17. The lowest BCUT2D eigenvalue weighted by atomic mass is 10.1. The quantitative estimate of drug-likeness (QED) is 0.287. The molecule has 2 aliphatic heterocycles. The minimum absolute atomic E-state index is 0.112. The molecule has 2 aromatic carbocycles. The van der Waals surface area contributed by atoms with Crippen LogP contribution < -0.4 is 4.90 Å². The summed E-state index contributed by atoms with van der Waals surface area (Å²) in [7, 11) is 0.